The Bertz CT molecular complexity index is 1540. The molecule has 1 aliphatic rings. The minimum absolute atomic E-state index is 0.212. The average molecular weight is 550 g/mol. The Kier molecular flexibility index (Phi) is 8.29. The number of para-hydroxylation sites is 1. The van der Waals surface area contributed by atoms with Gasteiger partial charge in [0, 0.05) is 12.2 Å². The van der Waals surface area contributed by atoms with Crippen LogP contribution in [0.3, 0.4) is 0 Å². The topological polar surface area (TPSA) is 97.0 Å². The zero-order valence-corrected chi connectivity index (χ0v) is 22.9. The molecule has 0 bridgehead atoms. The molecule has 3 amide bonds. The van der Waals surface area contributed by atoms with Crippen molar-refractivity contribution in [2.24, 2.45) is 0 Å². The first-order valence-electron chi connectivity index (χ1n) is 13.3. The average Bonchev–Trinajstić information content (AvgIpc) is 3.33. The maximum atomic E-state index is 13.7. The molecule has 0 unspecified atom stereocenters. The van der Waals surface area contributed by atoms with Crippen molar-refractivity contribution in [3.8, 4) is 5.75 Å². The third-order valence-corrected chi connectivity index (χ3v) is 6.96. The summed E-state index contributed by atoms with van der Waals surface area (Å²) < 4.78 is 11.1. The molecule has 0 saturated carbocycles. The Morgan fingerprint density at radius 3 is 2.37 bits per heavy atom. The fourth-order valence-corrected chi connectivity index (χ4v) is 4.81. The molecule has 208 valence electrons. The molecule has 0 radical (unpaired) electrons. The van der Waals surface area contributed by atoms with Crippen LogP contribution in [0.5, 0.6) is 5.75 Å². The maximum absolute atomic E-state index is 13.7. The van der Waals surface area contributed by atoms with Gasteiger partial charge in [0.15, 0.2) is 12.1 Å². The van der Waals surface area contributed by atoms with Gasteiger partial charge in [0.05, 0.1) is 19.2 Å². The Labute approximate surface area is 238 Å². The van der Waals surface area contributed by atoms with E-state index in [1.54, 1.807) is 48.5 Å². The predicted octanol–water partition coefficient (Wildman–Crippen LogP) is 5.63. The number of benzene rings is 4. The van der Waals surface area contributed by atoms with Crippen molar-refractivity contribution < 1.29 is 23.9 Å². The van der Waals surface area contributed by atoms with E-state index >= 15 is 0 Å². The quantitative estimate of drug-likeness (QED) is 0.282. The molecule has 2 N–H and O–H groups in total. The molecule has 4 aromatic rings. The number of anilines is 1. The molecule has 1 fully saturated rings. The van der Waals surface area contributed by atoms with E-state index in [-0.39, 0.29) is 18.4 Å². The number of rotatable bonds is 9. The van der Waals surface area contributed by atoms with E-state index in [0.29, 0.717) is 29.1 Å². The molecule has 4 aromatic carbocycles. The van der Waals surface area contributed by atoms with Crippen LogP contribution in [-0.2, 0) is 22.6 Å². The summed E-state index contributed by atoms with van der Waals surface area (Å²) in [7, 11) is 1.51. The summed E-state index contributed by atoms with van der Waals surface area (Å²) in [5, 5.41) is 5.85. The standard InChI is InChI=1S/C33H31N3O5/c1-22-15-17-24(18-16-22)21-36-29(32(38)34-20-23-9-4-3-5-10-23)30(41-33(36)39)25-11-8-12-26(19-25)35-31(37)27-13-6-7-14-28(27)40-2/h3-19,29-30H,20-21H2,1-2H3,(H,34,38)(H,35,37)/t29-,30-/m0/s1. The van der Waals surface area contributed by atoms with Crippen LogP contribution in [-0.4, -0.2) is 36.0 Å². The zero-order chi connectivity index (χ0) is 28.8. The van der Waals surface area contributed by atoms with E-state index in [4.69, 9.17) is 9.47 Å². The number of cyclic esters (lactones) is 1. The highest BCUT2D eigenvalue weighted by Crippen LogP contribution is 2.35. The maximum Gasteiger partial charge on any atom is 0.411 e. The predicted molar refractivity (Wildman–Crippen MR) is 155 cm³/mol. The third-order valence-electron chi connectivity index (χ3n) is 6.96. The molecule has 1 saturated heterocycles. The number of amides is 3. The molecule has 0 aliphatic carbocycles. The summed E-state index contributed by atoms with van der Waals surface area (Å²) in [4.78, 5) is 41.3. The van der Waals surface area contributed by atoms with Crippen LogP contribution >= 0.6 is 0 Å². The van der Waals surface area contributed by atoms with Crippen molar-refractivity contribution in [2.75, 3.05) is 12.4 Å². The first kappa shape index (κ1) is 27.5. The van der Waals surface area contributed by atoms with E-state index < -0.39 is 18.2 Å². The number of carbonyl (C=O) groups is 3. The van der Waals surface area contributed by atoms with Crippen molar-refractivity contribution in [1.29, 1.82) is 0 Å². The van der Waals surface area contributed by atoms with Gasteiger partial charge in [-0.25, -0.2) is 4.79 Å². The highest BCUT2D eigenvalue weighted by Gasteiger charge is 2.47. The highest BCUT2D eigenvalue weighted by molar-refractivity contribution is 6.06. The second kappa shape index (κ2) is 12.4. The molecule has 1 aliphatic heterocycles. The van der Waals surface area contributed by atoms with E-state index in [1.807, 2.05) is 61.5 Å². The number of methoxy groups -OCH3 is 1. The molecule has 2 atom stereocenters. The fraction of sp³-hybridized carbons (Fsp3) is 0.182. The SMILES string of the molecule is COc1ccccc1C(=O)Nc1cccc([C@@H]2OC(=O)N(Cc3ccc(C)cc3)[C@@H]2C(=O)NCc2ccccc2)c1. The van der Waals surface area contributed by atoms with Crippen LogP contribution in [0.1, 0.15) is 38.7 Å². The van der Waals surface area contributed by atoms with Crippen LogP contribution in [0.15, 0.2) is 103 Å². The Morgan fingerprint density at radius 1 is 0.878 bits per heavy atom. The van der Waals surface area contributed by atoms with Gasteiger partial charge in [0.2, 0.25) is 5.91 Å². The highest BCUT2D eigenvalue weighted by atomic mass is 16.6. The van der Waals surface area contributed by atoms with Gasteiger partial charge in [-0.1, -0.05) is 84.4 Å². The summed E-state index contributed by atoms with van der Waals surface area (Å²) in [5.74, 6) is -0.228. The Balaban J connectivity index is 1.41. The number of aryl methyl sites for hydroxylation is 1. The number of nitrogens with one attached hydrogen (secondary N) is 2. The molecular formula is C33H31N3O5. The van der Waals surface area contributed by atoms with Crippen molar-refractivity contribution in [3.05, 3.63) is 131 Å². The second-order valence-corrected chi connectivity index (χ2v) is 9.85. The van der Waals surface area contributed by atoms with Crippen molar-refractivity contribution in [1.82, 2.24) is 10.2 Å². The molecule has 5 rings (SSSR count). The lowest BCUT2D eigenvalue weighted by molar-refractivity contribution is -0.126. The smallest absolute Gasteiger partial charge is 0.411 e. The largest absolute Gasteiger partial charge is 0.496 e. The van der Waals surface area contributed by atoms with E-state index in [1.165, 1.54) is 12.0 Å². The molecular weight excluding hydrogens is 518 g/mol. The minimum Gasteiger partial charge on any atom is -0.496 e. The normalized spacial score (nSPS) is 16.1. The van der Waals surface area contributed by atoms with Crippen LogP contribution in [0, 0.1) is 6.92 Å². The summed E-state index contributed by atoms with van der Waals surface area (Å²) >= 11 is 0. The van der Waals surface area contributed by atoms with Gasteiger partial charge in [-0.05, 0) is 47.9 Å². The lowest BCUT2D eigenvalue weighted by Gasteiger charge is -2.24. The van der Waals surface area contributed by atoms with Crippen LogP contribution in [0.25, 0.3) is 0 Å². The molecule has 0 aromatic heterocycles. The van der Waals surface area contributed by atoms with Gasteiger partial charge in [-0.15, -0.1) is 0 Å². The summed E-state index contributed by atoms with van der Waals surface area (Å²) in [6.45, 7) is 2.51. The van der Waals surface area contributed by atoms with Gasteiger partial charge in [0.25, 0.3) is 5.91 Å². The lowest BCUT2D eigenvalue weighted by atomic mass is 9.99. The number of hydrogen-bond donors (Lipinski definition) is 2. The number of hydrogen-bond acceptors (Lipinski definition) is 5. The van der Waals surface area contributed by atoms with E-state index in [0.717, 1.165) is 16.7 Å². The van der Waals surface area contributed by atoms with Gasteiger partial charge in [-0.3, -0.25) is 14.5 Å². The van der Waals surface area contributed by atoms with Gasteiger partial charge in [0.1, 0.15) is 5.75 Å². The van der Waals surface area contributed by atoms with Crippen LogP contribution in [0.2, 0.25) is 0 Å². The third kappa shape index (κ3) is 6.38. The van der Waals surface area contributed by atoms with Crippen LogP contribution in [0.4, 0.5) is 10.5 Å². The van der Waals surface area contributed by atoms with Gasteiger partial charge in [-0.2, -0.15) is 0 Å². The monoisotopic (exact) mass is 549 g/mol. The number of carbonyl (C=O) groups excluding carboxylic acids is 3. The summed E-state index contributed by atoms with van der Waals surface area (Å²) in [6, 6.07) is 30.4. The van der Waals surface area contributed by atoms with Crippen molar-refractivity contribution >= 4 is 23.6 Å². The van der Waals surface area contributed by atoms with Gasteiger partial charge >= 0.3 is 6.09 Å². The Morgan fingerprint density at radius 2 is 1.61 bits per heavy atom. The molecule has 0 spiro atoms. The van der Waals surface area contributed by atoms with E-state index in [9.17, 15) is 14.4 Å². The minimum atomic E-state index is -0.923. The summed E-state index contributed by atoms with van der Waals surface area (Å²) in [6.07, 6.45) is -1.47. The first-order valence-corrected chi connectivity index (χ1v) is 13.3. The lowest BCUT2D eigenvalue weighted by Crippen LogP contribution is -2.46. The summed E-state index contributed by atoms with van der Waals surface area (Å²) in [5.41, 5.74) is 4.38. The molecule has 8 heteroatoms. The first-order chi connectivity index (χ1) is 19.9. The second-order valence-electron chi connectivity index (χ2n) is 9.85. The zero-order valence-electron chi connectivity index (χ0n) is 22.9. The fourth-order valence-electron chi connectivity index (χ4n) is 4.81. The number of ether oxygens (including phenoxy) is 2. The van der Waals surface area contributed by atoms with Crippen LogP contribution < -0.4 is 15.4 Å². The Hall–Kier alpha value is -5.11. The number of nitrogens with zero attached hydrogens (tertiary/aromatic N) is 1. The van der Waals surface area contributed by atoms with Crippen molar-refractivity contribution in [2.45, 2.75) is 32.2 Å². The van der Waals surface area contributed by atoms with Crippen molar-refractivity contribution in [3.63, 3.8) is 0 Å². The van der Waals surface area contributed by atoms with E-state index in [2.05, 4.69) is 10.6 Å². The molecule has 41 heavy (non-hydrogen) atoms. The molecule has 1 heterocycles. The van der Waals surface area contributed by atoms with Gasteiger partial charge < -0.3 is 20.1 Å². The molecule has 8 nitrogen and oxygen atoms in total.